The van der Waals surface area contributed by atoms with Gasteiger partial charge in [0.05, 0.1) is 20.4 Å². The first kappa shape index (κ1) is 20.0. The Morgan fingerprint density at radius 3 is 2.19 bits per heavy atom. The Kier molecular flexibility index (Phi) is 5.88. The highest BCUT2D eigenvalue weighted by molar-refractivity contribution is 5.99. The number of aromatic amines is 1. The number of ether oxygens (including phenoxy) is 2. The topological polar surface area (TPSA) is 90.8 Å². The Labute approximate surface area is 152 Å². The highest BCUT2D eigenvalue weighted by atomic mass is 19.4. The second kappa shape index (κ2) is 7.94. The number of halogens is 3. The molecule has 1 amide bonds. The number of anilines is 1. The molecule has 1 heterocycles. The van der Waals surface area contributed by atoms with Gasteiger partial charge in [-0.05, 0) is 30.3 Å². The highest BCUT2D eigenvalue weighted by Crippen LogP contribution is 2.32. The maximum atomic E-state index is 13.9. The Balaban J connectivity index is 2.43. The average Bonchev–Trinajstić information content (AvgIpc) is 2.66. The lowest BCUT2D eigenvalue weighted by atomic mass is 10.1. The standard InChI is InChI=1S/C17H16F3N3O4/c1-26-12-8-6-11(7-9-12)14(24)23-16(15(25)27-2,17(18,19)20)22-13-5-3-4-10-21-13/h3-10H,1-2H3,(H,21,22)(H,23,24)/p+1/t16-/m1/s1. The fourth-order valence-corrected chi connectivity index (χ4v) is 2.20. The van der Waals surface area contributed by atoms with Crippen molar-refractivity contribution in [2.45, 2.75) is 11.8 Å². The molecule has 1 aromatic carbocycles. The van der Waals surface area contributed by atoms with E-state index in [1.165, 1.54) is 55.8 Å². The van der Waals surface area contributed by atoms with Crippen LogP contribution in [-0.4, -0.2) is 37.9 Å². The zero-order chi connectivity index (χ0) is 20.1. The van der Waals surface area contributed by atoms with Gasteiger partial charge in [0.2, 0.25) is 0 Å². The van der Waals surface area contributed by atoms with Crippen LogP contribution in [0, 0.1) is 0 Å². The molecule has 0 fully saturated rings. The lowest BCUT2D eigenvalue weighted by Gasteiger charge is -2.30. The largest absolute Gasteiger partial charge is 0.497 e. The second-order valence-corrected chi connectivity index (χ2v) is 5.32. The van der Waals surface area contributed by atoms with Crippen LogP contribution in [0.2, 0.25) is 0 Å². The molecule has 1 aromatic heterocycles. The maximum absolute atomic E-state index is 13.9. The van der Waals surface area contributed by atoms with Gasteiger partial charge in [0, 0.05) is 11.6 Å². The smallest absolute Gasteiger partial charge is 0.464 e. The van der Waals surface area contributed by atoms with Crippen molar-refractivity contribution in [3.63, 3.8) is 0 Å². The fraction of sp³-hybridized carbons (Fsp3) is 0.235. The number of methoxy groups -OCH3 is 2. The van der Waals surface area contributed by atoms with Gasteiger partial charge in [0.1, 0.15) is 5.75 Å². The molecule has 1 atom stereocenters. The first-order chi connectivity index (χ1) is 12.7. The summed E-state index contributed by atoms with van der Waals surface area (Å²) in [6, 6.07) is 9.59. The van der Waals surface area contributed by atoms with Gasteiger partial charge in [-0.2, -0.15) is 13.2 Å². The fourth-order valence-electron chi connectivity index (χ4n) is 2.20. The summed E-state index contributed by atoms with van der Waals surface area (Å²) in [4.78, 5) is 27.0. The Morgan fingerprint density at radius 1 is 1.04 bits per heavy atom. The van der Waals surface area contributed by atoms with Crippen LogP contribution in [0.15, 0.2) is 48.7 Å². The van der Waals surface area contributed by atoms with Crippen LogP contribution in [-0.2, 0) is 9.53 Å². The van der Waals surface area contributed by atoms with E-state index in [0.717, 1.165) is 7.11 Å². The van der Waals surface area contributed by atoms with Gasteiger partial charge < -0.3 is 9.47 Å². The quantitative estimate of drug-likeness (QED) is 0.585. The zero-order valence-electron chi connectivity index (χ0n) is 14.4. The first-order valence-corrected chi connectivity index (χ1v) is 7.60. The first-order valence-electron chi connectivity index (χ1n) is 7.60. The molecule has 0 spiro atoms. The maximum Gasteiger partial charge on any atom is 0.464 e. The van der Waals surface area contributed by atoms with Crippen LogP contribution in [0.5, 0.6) is 5.75 Å². The van der Waals surface area contributed by atoms with Crippen molar-refractivity contribution in [3.8, 4) is 5.75 Å². The molecule has 144 valence electrons. The molecular formula is C17H17F3N3O4+. The van der Waals surface area contributed by atoms with E-state index in [0.29, 0.717) is 5.75 Å². The van der Waals surface area contributed by atoms with E-state index in [2.05, 4.69) is 9.72 Å². The number of amides is 1. The summed E-state index contributed by atoms with van der Waals surface area (Å²) >= 11 is 0. The Bertz CT molecular complexity index is 797. The SMILES string of the molecule is COC(=O)[C@](NC(=O)c1ccc(OC)cc1)(Nc1cccc[nH+]1)C(F)(F)F. The summed E-state index contributed by atoms with van der Waals surface area (Å²) in [5.41, 5.74) is -3.61. The molecule has 2 aromatic rings. The number of pyridine rings is 1. The van der Waals surface area contributed by atoms with Crippen molar-refractivity contribution in [1.29, 1.82) is 0 Å². The molecule has 0 saturated carbocycles. The predicted molar refractivity (Wildman–Crippen MR) is 87.9 cm³/mol. The summed E-state index contributed by atoms with van der Waals surface area (Å²) < 4.78 is 50.9. The van der Waals surface area contributed by atoms with Crippen LogP contribution < -0.4 is 20.4 Å². The molecule has 0 unspecified atom stereocenters. The number of hydrogen-bond donors (Lipinski definition) is 2. The van der Waals surface area contributed by atoms with Crippen molar-refractivity contribution in [3.05, 3.63) is 54.2 Å². The number of carbonyl (C=O) groups excluding carboxylic acids is 2. The highest BCUT2D eigenvalue weighted by Gasteiger charge is 2.67. The predicted octanol–water partition coefficient (Wildman–Crippen LogP) is 1.78. The molecular weight excluding hydrogens is 367 g/mol. The molecule has 0 saturated heterocycles. The monoisotopic (exact) mass is 384 g/mol. The number of rotatable bonds is 6. The van der Waals surface area contributed by atoms with Gasteiger partial charge in [-0.15, -0.1) is 0 Å². The van der Waals surface area contributed by atoms with E-state index in [9.17, 15) is 22.8 Å². The number of aromatic nitrogens is 1. The second-order valence-electron chi connectivity index (χ2n) is 5.32. The van der Waals surface area contributed by atoms with E-state index in [1.54, 1.807) is 5.32 Å². The van der Waals surface area contributed by atoms with E-state index >= 15 is 0 Å². The third-order valence-electron chi connectivity index (χ3n) is 3.60. The molecule has 0 aliphatic heterocycles. The van der Waals surface area contributed by atoms with Crippen LogP contribution in [0.3, 0.4) is 0 Å². The van der Waals surface area contributed by atoms with E-state index in [1.807, 2.05) is 5.32 Å². The normalized spacial score (nSPS) is 13.2. The van der Waals surface area contributed by atoms with E-state index in [-0.39, 0.29) is 11.4 Å². The van der Waals surface area contributed by atoms with Gasteiger partial charge >= 0.3 is 17.8 Å². The number of carbonyl (C=O) groups is 2. The minimum atomic E-state index is -5.22. The van der Waals surface area contributed by atoms with Crippen molar-refractivity contribution in [1.82, 2.24) is 5.32 Å². The van der Waals surface area contributed by atoms with Gasteiger partial charge in [-0.1, -0.05) is 6.07 Å². The summed E-state index contributed by atoms with van der Waals surface area (Å²) in [7, 11) is 2.19. The number of benzene rings is 1. The number of esters is 1. The molecule has 0 aliphatic carbocycles. The number of nitrogens with one attached hydrogen (secondary N) is 3. The molecule has 3 N–H and O–H groups in total. The lowest BCUT2D eigenvalue weighted by molar-refractivity contribution is -0.363. The molecule has 0 aliphatic rings. The minimum absolute atomic E-state index is 0.104. The van der Waals surface area contributed by atoms with Crippen LogP contribution in [0.1, 0.15) is 10.4 Å². The molecule has 7 nitrogen and oxygen atoms in total. The average molecular weight is 384 g/mol. The van der Waals surface area contributed by atoms with Crippen molar-refractivity contribution >= 4 is 17.7 Å². The van der Waals surface area contributed by atoms with Crippen LogP contribution >= 0.6 is 0 Å². The lowest BCUT2D eigenvalue weighted by Crippen LogP contribution is -2.69. The zero-order valence-corrected chi connectivity index (χ0v) is 14.4. The van der Waals surface area contributed by atoms with Crippen molar-refractivity contribution in [2.75, 3.05) is 19.5 Å². The van der Waals surface area contributed by atoms with Gasteiger partial charge in [-0.25, -0.2) is 15.1 Å². The summed E-state index contributed by atoms with van der Waals surface area (Å²) in [6.45, 7) is 0. The summed E-state index contributed by atoms with van der Waals surface area (Å²) in [5.74, 6) is -2.60. The van der Waals surface area contributed by atoms with Crippen LogP contribution in [0.25, 0.3) is 0 Å². The Hall–Kier alpha value is -3.30. The van der Waals surface area contributed by atoms with Crippen molar-refractivity contribution < 1.29 is 37.2 Å². The third kappa shape index (κ3) is 4.27. The van der Waals surface area contributed by atoms with Crippen molar-refractivity contribution in [2.24, 2.45) is 0 Å². The number of H-pyrrole nitrogens is 1. The summed E-state index contributed by atoms with van der Waals surface area (Å²) in [5, 5.41) is 3.71. The molecule has 0 radical (unpaired) electrons. The molecule has 27 heavy (non-hydrogen) atoms. The van der Waals surface area contributed by atoms with Gasteiger partial charge in [0.25, 0.3) is 11.7 Å². The Morgan fingerprint density at radius 2 is 1.70 bits per heavy atom. The van der Waals surface area contributed by atoms with Gasteiger partial charge in [0.15, 0.2) is 0 Å². The third-order valence-corrected chi connectivity index (χ3v) is 3.60. The van der Waals surface area contributed by atoms with E-state index in [4.69, 9.17) is 4.74 Å². The number of hydrogen-bond acceptors (Lipinski definition) is 5. The minimum Gasteiger partial charge on any atom is -0.497 e. The molecule has 0 bridgehead atoms. The van der Waals surface area contributed by atoms with Gasteiger partial charge in [-0.3, -0.25) is 10.1 Å². The van der Waals surface area contributed by atoms with Crippen LogP contribution in [0.4, 0.5) is 19.0 Å². The molecule has 10 heteroatoms. The number of alkyl halides is 3. The molecule has 2 rings (SSSR count). The summed E-state index contributed by atoms with van der Waals surface area (Å²) in [6.07, 6.45) is -3.86. The van der Waals surface area contributed by atoms with E-state index < -0.39 is 23.7 Å².